The molecule has 1 unspecified atom stereocenters. The molecule has 1 aromatic carbocycles. The lowest BCUT2D eigenvalue weighted by Crippen LogP contribution is -2.39. The van der Waals surface area contributed by atoms with Crippen molar-refractivity contribution >= 4 is 28.2 Å². The number of hydrogen-bond acceptors (Lipinski definition) is 5. The van der Waals surface area contributed by atoms with Crippen LogP contribution < -0.4 is 5.32 Å². The van der Waals surface area contributed by atoms with Gasteiger partial charge < -0.3 is 4.74 Å². The maximum atomic E-state index is 14.4. The van der Waals surface area contributed by atoms with Gasteiger partial charge in [-0.15, -0.1) is 0 Å². The quantitative estimate of drug-likeness (QED) is 0.873. The highest BCUT2D eigenvalue weighted by molar-refractivity contribution is 7.18. The molecule has 2 heterocycles. The number of anilines is 1. The fourth-order valence-electron chi connectivity index (χ4n) is 2.33. The molecule has 3 rings (SSSR count). The van der Waals surface area contributed by atoms with Crippen LogP contribution in [-0.2, 0) is 9.53 Å². The van der Waals surface area contributed by atoms with Crippen LogP contribution >= 0.6 is 11.3 Å². The van der Waals surface area contributed by atoms with Crippen molar-refractivity contribution in [3.8, 4) is 11.3 Å². The summed E-state index contributed by atoms with van der Waals surface area (Å²) in [7, 11) is 0. The average Bonchev–Trinajstić information content (AvgIpc) is 3.16. The first-order valence-electron chi connectivity index (χ1n) is 7.15. The molecule has 0 bridgehead atoms. The number of ether oxygens (including phenoxy) is 1. The van der Waals surface area contributed by atoms with Crippen LogP contribution in [0.5, 0.6) is 0 Å². The topological polar surface area (TPSA) is 68.3 Å². The van der Waals surface area contributed by atoms with Crippen LogP contribution in [-0.4, -0.2) is 35.6 Å². The van der Waals surface area contributed by atoms with E-state index in [0.29, 0.717) is 10.6 Å². The van der Waals surface area contributed by atoms with Gasteiger partial charge in [0.2, 0.25) is 5.67 Å². The number of benzene rings is 1. The Bertz CT molecular complexity index is 739. The number of carbonyl (C=O) groups is 2. The van der Waals surface area contributed by atoms with Gasteiger partial charge in [-0.2, -0.15) is 0 Å². The summed E-state index contributed by atoms with van der Waals surface area (Å²) in [5.74, 6) is -0.931. The van der Waals surface area contributed by atoms with Crippen molar-refractivity contribution in [1.82, 2.24) is 4.98 Å². The number of halogens is 1. The monoisotopic (exact) mass is 334 g/mol. The molecule has 1 aromatic heterocycles. The Hall–Kier alpha value is -2.12. The van der Waals surface area contributed by atoms with Crippen molar-refractivity contribution in [2.75, 3.05) is 18.5 Å². The van der Waals surface area contributed by atoms with E-state index in [0.717, 1.165) is 16.9 Å². The van der Waals surface area contributed by atoms with Gasteiger partial charge in [0.1, 0.15) is 0 Å². The minimum absolute atomic E-state index is 0.0231. The molecule has 1 saturated heterocycles. The van der Waals surface area contributed by atoms with E-state index >= 15 is 0 Å². The molecule has 1 aliphatic heterocycles. The molecule has 1 amide bonds. The summed E-state index contributed by atoms with van der Waals surface area (Å²) in [4.78, 5) is 28.6. The maximum absolute atomic E-state index is 14.4. The van der Waals surface area contributed by atoms with E-state index in [1.165, 1.54) is 6.92 Å². The SMILES string of the molecule is CC(=O)c1sc(NC(=O)C2(F)CCOC2)nc1-c1ccccc1. The first-order valence-corrected chi connectivity index (χ1v) is 7.96. The minimum Gasteiger partial charge on any atom is -0.377 e. The Labute approximate surface area is 136 Å². The van der Waals surface area contributed by atoms with Crippen LogP contribution in [0.4, 0.5) is 9.52 Å². The number of alkyl halides is 1. The number of hydrogen-bond donors (Lipinski definition) is 1. The molecule has 7 heteroatoms. The summed E-state index contributed by atoms with van der Waals surface area (Å²) >= 11 is 1.05. The molecule has 0 spiro atoms. The normalized spacial score (nSPS) is 20.4. The van der Waals surface area contributed by atoms with Crippen molar-refractivity contribution in [1.29, 1.82) is 0 Å². The third kappa shape index (κ3) is 3.16. The first kappa shape index (κ1) is 15.8. The van der Waals surface area contributed by atoms with Gasteiger partial charge in [0.15, 0.2) is 10.9 Å². The second-order valence-corrected chi connectivity index (χ2v) is 6.34. The molecule has 1 aliphatic rings. The van der Waals surface area contributed by atoms with Gasteiger partial charge in [0.25, 0.3) is 5.91 Å². The zero-order valence-electron chi connectivity index (χ0n) is 12.5. The van der Waals surface area contributed by atoms with Gasteiger partial charge in [0.05, 0.1) is 23.8 Å². The van der Waals surface area contributed by atoms with E-state index in [2.05, 4.69) is 10.3 Å². The number of amides is 1. The molecule has 0 saturated carbocycles. The molecule has 23 heavy (non-hydrogen) atoms. The van der Waals surface area contributed by atoms with Crippen LogP contribution in [0.3, 0.4) is 0 Å². The Morgan fingerprint density at radius 3 is 2.70 bits per heavy atom. The standard InChI is InChI=1S/C16H15FN2O3S/c1-10(20)13-12(11-5-3-2-4-6-11)18-15(23-13)19-14(21)16(17)7-8-22-9-16/h2-6H,7-9H2,1H3,(H,18,19,21). The number of aromatic nitrogens is 1. The summed E-state index contributed by atoms with van der Waals surface area (Å²) in [6.45, 7) is 1.40. The molecule has 0 aliphatic carbocycles. The van der Waals surface area contributed by atoms with Crippen molar-refractivity contribution in [2.45, 2.75) is 19.0 Å². The molecule has 5 nitrogen and oxygen atoms in total. The Kier molecular flexibility index (Phi) is 4.23. The number of carbonyl (C=O) groups excluding carboxylic acids is 2. The van der Waals surface area contributed by atoms with Crippen molar-refractivity contribution in [3.05, 3.63) is 35.2 Å². The van der Waals surface area contributed by atoms with E-state index in [9.17, 15) is 14.0 Å². The van der Waals surface area contributed by atoms with Crippen LogP contribution in [0.15, 0.2) is 30.3 Å². The molecular formula is C16H15FN2O3S. The summed E-state index contributed by atoms with van der Waals surface area (Å²) < 4.78 is 19.3. The van der Waals surface area contributed by atoms with E-state index < -0.39 is 11.6 Å². The lowest BCUT2D eigenvalue weighted by atomic mass is 10.1. The van der Waals surface area contributed by atoms with E-state index in [-0.39, 0.29) is 30.5 Å². The summed E-state index contributed by atoms with van der Waals surface area (Å²) in [5, 5.41) is 2.68. The Morgan fingerprint density at radius 2 is 2.09 bits per heavy atom. The van der Waals surface area contributed by atoms with Crippen molar-refractivity contribution in [2.24, 2.45) is 0 Å². The third-order valence-corrected chi connectivity index (χ3v) is 4.67. The summed E-state index contributed by atoms with van der Waals surface area (Å²) in [5.41, 5.74) is -0.766. The molecule has 1 N–H and O–H groups in total. The van der Waals surface area contributed by atoms with Crippen LogP contribution in [0.2, 0.25) is 0 Å². The molecular weight excluding hydrogens is 319 g/mol. The smallest absolute Gasteiger partial charge is 0.266 e. The molecule has 1 atom stereocenters. The number of Topliss-reactive ketones (excluding diaryl/α,β-unsaturated/α-hetero) is 1. The lowest BCUT2D eigenvalue weighted by molar-refractivity contribution is -0.127. The summed E-state index contributed by atoms with van der Waals surface area (Å²) in [6, 6.07) is 9.19. The fraction of sp³-hybridized carbons (Fsp3) is 0.312. The van der Waals surface area contributed by atoms with E-state index in [1.54, 1.807) is 0 Å². The number of rotatable bonds is 4. The molecule has 2 aromatic rings. The lowest BCUT2D eigenvalue weighted by Gasteiger charge is -2.14. The second-order valence-electron chi connectivity index (χ2n) is 5.34. The maximum Gasteiger partial charge on any atom is 0.266 e. The van der Waals surface area contributed by atoms with Gasteiger partial charge in [-0.05, 0) is 0 Å². The van der Waals surface area contributed by atoms with Gasteiger partial charge in [-0.3, -0.25) is 14.9 Å². The van der Waals surface area contributed by atoms with Gasteiger partial charge in [-0.1, -0.05) is 41.7 Å². The van der Waals surface area contributed by atoms with Gasteiger partial charge in [0, 0.05) is 18.9 Å². The Balaban J connectivity index is 1.89. The average molecular weight is 334 g/mol. The van der Waals surface area contributed by atoms with Crippen LogP contribution in [0.1, 0.15) is 23.0 Å². The number of nitrogens with zero attached hydrogens (tertiary/aromatic N) is 1. The van der Waals surface area contributed by atoms with Gasteiger partial charge >= 0.3 is 0 Å². The van der Waals surface area contributed by atoms with Crippen molar-refractivity contribution in [3.63, 3.8) is 0 Å². The van der Waals surface area contributed by atoms with E-state index in [1.807, 2.05) is 30.3 Å². The highest BCUT2D eigenvalue weighted by Gasteiger charge is 2.43. The van der Waals surface area contributed by atoms with Gasteiger partial charge in [-0.25, -0.2) is 9.37 Å². The fourth-order valence-corrected chi connectivity index (χ4v) is 3.21. The second kappa shape index (κ2) is 6.17. The zero-order chi connectivity index (χ0) is 16.4. The molecule has 120 valence electrons. The Morgan fingerprint density at radius 1 is 1.35 bits per heavy atom. The highest BCUT2D eigenvalue weighted by atomic mass is 32.1. The number of nitrogens with one attached hydrogen (secondary N) is 1. The number of ketones is 1. The van der Waals surface area contributed by atoms with Crippen LogP contribution in [0.25, 0.3) is 11.3 Å². The first-order chi connectivity index (χ1) is 11.0. The predicted molar refractivity (Wildman–Crippen MR) is 85.5 cm³/mol. The molecule has 0 radical (unpaired) electrons. The highest BCUT2D eigenvalue weighted by Crippen LogP contribution is 2.33. The van der Waals surface area contributed by atoms with E-state index in [4.69, 9.17) is 4.74 Å². The third-order valence-electron chi connectivity index (χ3n) is 3.60. The molecule has 1 fully saturated rings. The largest absolute Gasteiger partial charge is 0.377 e. The number of thiazole rings is 1. The summed E-state index contributed by atoms with van der Waals surface area (Å²) in [6.07, 6.45) is 0.0231. The minimum atomic E-state index is -2.03. The van der Waals surface area contributed by atoms with Crippen LogP contribution in [0, 0.1) is 0 Å². The van der Waals surface area contributed by atoms with Crippen molar-refractivity contribution < 1.29 is 18.7 Å². The predicted octanol–water partition coefficient (Wildman–Crippen LogP) is 3.08. The zero-order valence-corrected chi connectivity index (χ0v) is 13.3.